The van der Waals surface area contributed by atoms with Crippen molar-refractivity contribution in [2.75, 3.05) is 7.11 Å². The molecule has 2 aromatic rings. The summed E-state index contributed by atoms with van der Waals surface area (Å²) in [4.78, 5) is 7.52. The molecule has 1 N–H and O–H groups in total. The largest absolute Gasteiger partial charge is 0.494 e. The van der Waals surface area contributed by atoms with Gasteiger partial charge in [-0.2, -0.15) is 0 Å². The molecule has 0 aliphatic carbocycles. The fourth-order valence-corrected chi connectivity index (χ4v) is 2.28. The van der Waals surface area contributed by atoms with Gasteiger partial charge in [-0.05, 0) is 25.5 Å². The Hall–Kier alpha value is -1.75. The zero-order chi connectivity index (χ0) is 14.7. The Morgan fingerprint density at radius 3 is 2.80 bits per heavy atom. The Kier molecular flexibility index (Phi) is 4.49. The van der Waals surface area contributed by atoms with Crippen LogP contribution in [0.15, 0.2) is 18.2 Å². The molecule has 0 atom stereocenters. The minimum atomic E-state index is -0.391. The van der Waals surface area contributed by atoms with Crippen molar-refractivity contribution in [3.63, 3.8) is 0 Å². The summed E-state index contributed by atoms with van der Waals surface area (Å²) in [7, 11) is 1.45. The van der Waals surface area contributed by atoms with Gasteiger partial charge >= 0.3 is 0 Å². The number of aryl methyl sites for hydroxylation is 1. The summed E-state index contributed by atoms with van der Waals surface area (Å²) in [6.07, 6.45) is 1.73. The van der Waals surface area contributed by atoms with Crippen LogP contribution in [-0.4, -0.2) is 17.1 Å². The summed E-state index contributed by atoms with van der Waals surface area (Å²) in [6.45, 7) is 3.90. The molecular formula is C15H17FN2OS. The summed E-state index contributed by atoms with van der Waals surface area (Å²) in [5.41, 5.74) is 1.89. The van der Waals surface area contributed by atoms with E-state index >= 15 is 0 Å². The second-order valence-corrected chi connectivity index (χ2v) is 4.95. The zero-order valence-electron chi connectivity index (χ0n) is 11.8. The van der Waals surface area contributed by atoms with Gasteiger partial charge in [-0.1, -0.05) is 25.2 Å². The van der Waals surface area contributed by atoms with Crippen molar-refractivity contribution < 1.29 is 9.13 Å². The number of halogens is 1. The van der Waals surface area contributed by atoms with Gasteiger partial charge in [-0.3, -0.25) is 0 Å². The van der Waals surface area contributed by atoms with Crippen molar-refractivity contribution in [2.24, 2.45) is 0 Å². The average molecular weight is 292 g/mol. The first-order chi connectivity index (χ1) is 9.58. The number of aromatic nitrogens is 2. The maximum atomic E-state index is 14.4. The lowest BCUT2D eigenvalue weighted by molar-refractivity contribution is 0.387. The number of methoxy groups -OCH3 is 1. The predicted molar refractivity (Wildman–Crippen MR) is 80.1 cm³/mol. The Bertz CT molecular complexity index is 682. The molecule has 0 bridgehead atoms. The highest BCUT2D eigenvalue weighted by atomic mass is 32.1. The van der Waals surface area contributed by atoms with Crippen molar-refractivity contribution in [1.82, 2.24) is 9.97 Å². The van der Waals surface area contributed by atoms with Gasteiger partial charge in [-0.15, -0.1) is 0 Å². The standard InChI is InChI=1S/C15H17FN2OS/c1-4-6-12-17-14(9(2)15(20)18-12)10-7-5-8-11(19-3)13(10)16/h5,7-8H,4,6H2,1-3H3,(H,17,18,20). The van der Waals surface area contributed by atoms with Crippen molar-refractivity contribution in [3.05, 3.63) is 40.0 Å². The van der Waals surface area contributed by atoms with E-state index in [0.717, 1.165) is 24.2 Å². The fraction of sp³-hybridized carbons (Fsp3) is 0.333. The minimum absolute atomic E-state index is 0.218. The molecule has 0 spiro atoms. The summed E-state index contributed by atoms with van der Waals surface area (Å²) in [5, 5.41) is 0. The molecule has 0 aliphatic rings. The summed E-state index contributed by atoms with van der Waals surface area (Å²) in [5.74, 6) is 0.604. The van der Waals surface area contributed by atoms with Gasteiger partial charge in [0, 0.05) is 17.5 Å². The van der Waals surface area contributed by atoms with Crippen LogP contribution in [0.2, 0.25) is 0 Å². The quantitative estimate of drug-likeness (QED) is 0.858. The van der Waals surface area contributed by atoms with Crippen LogP contribution in [0.4, 0.5) is 4.39 Å². The topological polar surface area (TPSA) is 37.9 Å². The summed E-state index contributed by atoms with van der Waals surface area (Å²) in [6, 6.07) is 5.06. The van der Waals surface area contributed by atoms with Crippen molar-refractivity contribution in [2.45, 2.75) is 26.7 Å². The van der Waals surface area contributed by atoms with Crippen LogP contribution in [0.3, 0.4) is 0 Å². The van der Waals surface area contributed by atoms with Gasteiger partial charge in [-0.25, -0.2) is 9.37 Å². The molecule has 20 heavy (non-hydrogen) atoms. The normalized spacial score (nSPS) is 10.6. The number of nitrogens with one attached hydrogen (secondary N) is 1. The minimum Gasteiger partial charge on any atom is -0.494 e. The lowest BCUT2D eigenvalue weighted by Crippen LogP contribution is -2.02. The van der Waals surface area contributed by atoms with E-state index < -0.39 is 5.82 Å². The number of hydrogen-bond donors (Lipinski definition) is 1. The Morgan fingerprint density at radius 2 is 2.15 bits per heavy atom. The third-order valence-corrected chi connectivity index (χ3v) is 3.54. The van der Waals surface area contributed by atoms with Crippen LogP contribution in [-0.2, 0) is 6.42 Å². The average Bonchev–Trinajstić information content (AvgIpc) is 2.43. The van der Waals surface area contributed by atoms with Crippen molar-refractivity contribution >= 4 is 12.2 Å². The number of ether oxygens (including phenoxy) is 1. The Balaban J connectivity index is 2.66. The molecule has 0 saturated carbocycles. The third kappa shape index (κ3) is 2.72. The first-order valence-electron chi connectivity index (χ1n) is 6.51. The van der Waals surface area contributed by atoms with Gasteiger partial charge in [0.15, 0.2) is 11.6 Å². The van der Waals surface area contributed by atoms with E-state index in [4.69, 9.17) is 17.0 Å². The fourth-order valence-electron chi connectivity index (χ4n) is 2.07. The third-order valence-electron chi connectivity index (χ3n) is 3.14. The monoisotopic (exact) mass is 292 g/mol. The Morgan fingerprint density at radius 1 is 1.40 bits per heavy atom. The molecule has 3 nitrogen and oxygen atoms in total. The molecule has 0 unspecified atom stereocenters. The zero-order valence-corrected chi connectivity index (χ0v) is 12.6. The van der Waals surface area contributed by atoms with E-state index in [0.29, 0.717) is 15.9 Å². The molecule has 0 fully saturated rings. The molecule has 1 aromatic heterocycles. The second kappa shape index (κ2) is 6.13. The number of H-pyrrole nitrogens is 1. The molecule has 106 valence electrons. The van der Waals surface area contributed by atoms with Gasteiger partial charge in [0.05, 0.1) is 12.8 Å². The lowest BCUT2D eigenvalue weighted by atomic mass is 10.1. The molecule has 5 heteroatoms. The maximum Gasteiger partial charge on any atom is 0.174 e. The first kappa shape index (κ1) is 14.7. The number of benzene rings is 1. The summed E-state index contributed by atoms with van der Waals surface area (Å²) < 4.78 is 19.9. The van der Waals surface area contributed by atoms with Crippen LogP contribution < -0.4 is 4.74 Å². The molecular weight excluding hydrogens is 275 g/mol. The number of rotatable bonds is 4. The number of hydrogen-bond acceptors (Lipinski definition) is 3. The van der Waals surface area contributed by atoms with Crippen LogP contribution in [0.25, 0.3) is 11.3 Å². The number of aromatic amines is 1. The molecule has 0 radical (unpaired) electrons. The van der Waals surface area contributed by atoms with Gasteiger partial charge in [0.1, 0.15) is 10.5 Å². The molecule has 1 heterocycles. The summed E-state index contributed by atoms with van der Waals surface area (Å²) >= 11 is 5.26. The van der Waals surface area contributed by atoms with Crippen molar-refractivity contribution in [3.8, 4) is 17.0 Å². The van der Waals surface area contributed by atoms with Crippen LogP contribution in [0.5, 0.6) is 5.75 Å². The maximum absolute atomic E-state index is 14.4. The van der Waals surface area contributed by atoms with E-state index in [1.54, 1.807) is 18.2 Å². The van der Waals surface area contributed by atoms with E-state index in [1.165, 1.54) is 7.11 Å². The second-order valence-electron chi connectivity index (χ2n) is 4.56. The lowest BCUT2D eigenvalue weighted by Gasteiger charge is -2.12. The Labute approximate surface area is 122 Å². The van der Waals surface area contributed by atoms with E-state index in [1.807, 2.05) is 6.92 Å². The highest BCUT2D eigenvalue weighted by Gasteiger charge is 2.14. The predicted octanol–water partition coefficient (Wildman–Crippen LogP) is 4.21. The van der Waals surface area contributed by atoms with Crippen LogP contribution in [0.1, 0.15) is 24.7 Å². The smallest absolute Gasteiger partial charge is 0.174 e. The molecule has 0 aliphatic heterocycles. The van der Waals surface area contributed by atoms with E-state index in [9.17, 15) is 4.39 Å². The highest BCUT2D eigenvalue weighted by molar-refractivity contribution is 7.71. The molecule has 1 aromatic carbocycles. The first-order valence-corrected chi connectivity index (χ1v) is 6.92. The SMILES string of the molecule is CCCc1nc(=S)c(C)c(-c2cccc(OC)c2F)[nH]1. The van der Waals surface area contributed by atoms with Gasteiger partial charge in [0.2, 0.25) is 0 Å². The molecule has 2 rings (SSSR count). The molecule has 0 amide bonds. The van der Waals surface area contributed by atoms with E-state index in [-0.39, 0.29) is 5.75 Å². The van der Waals surface area contributed by atoms with Crippen LogP contribution in [0, 0.1) is 17.4 Å². The molecule has 0 saturated heterocycles. The highest BCUT2D eigenvalue weighted by Crippen LogP contribution is 2.30. The number of nitrogens with zero attached hydrogens (tertiary/aromatic N) is 1. The van der Waals surface area contributed by atoms with Crippen molar-refractivity contribution in [1.29, 1.82) is 0 Å². The van der Waals surface area contributed by atoms with Crippen LogP contribution >= 0.6 is 12.2 Å². The van der Waals surface area contributed by atoms with E-state index in [2.05, 4.69) is 16.9 Å². The van der Waals surface area contributed by atoms with Gasteiger partial charge in [0.25, 0.3) is 0 Å². The van der Waals surface area contributed by atoms with Gasteiger partial charge < -0.3 is 9.72 Å².